The topological polar surface area (TPSA) is 81.5 Å². The Hall–Kier alpha value is -2.69. The second-order valence-electron chi connectivity index (χ2n) is 3.93. The molecule has 0 heterocycles. The van der Waals surface area contributed by atoms with E-state index in [1.807, 2.05) is 0 Å². The van der Waals surface area contributed by atoms with E-state index in [1.54, 1.807) is 36.4 Å². The number of guanidine groups is 1. The Kier molecular flexibility index (Phi) is 3.56. The van der Waals surface area contributed by atoms with Gasteiger partial charge < -0.3 is 11.5 Å². The molecule has 0 atom stereocenters. The van der Waals surface area contributed by atoms with E-state index in [2.05, 4.69) is 4.99 Å². The lowest BCUT2D eigenvalue weighted by molar-refractivity contribution is 0.100. The maximum Gasteiger partial charge on any atom is 0.280 e. The number of hydrogen-bond donors (Lipinski definition) is 2. The summed E-state index contributed by atoms with van der Waals surface area (Å²) in [5, 5.41) is 0. The van der Waals surface area contributed by atoms with Crippen molar-refractivity contribution < 1.29 is 9.18 Å². The molecule has 0 saturated heterocycles. The molecule has 0 unspecified atom stereocenters. The Morgan fingerprint density at radius 3 is 2.26 bits per heavy atom. The summed E-state index contributed by atoms with van der Waals surface area (Å²) >= 11 is 0. The van der Waals surface area contributed by atoms with E-state index < -0.39 is 5.91 Å². The van der Waals surface area contributed by atoms with Crippen LogP contribution >= 0.6 is 0 Å². The van der Waals surface area contributed by atoms with Crippen LogP contribution in [-0.4, -0.2) is 11.9 Å². The Labute approximate surface area is 109 Å². The predicted octanol–water partition coefficient (Wildman–Crippen LogP) is 1.91. The summed E-state index contributed by atoms with van der Waals surface area (Å²) < 4.78 is 13.2. The van der Waals surface area contributed by atoms with E-state index in [0.717, 1.165) is 5.56 Å². The smallest absolute Gasteiger partial charge is 0.280 e. The van der Waals surface area contributed by atoms with E-state index in [4.69, 9.17) is 11.5 Å². The maximum absolute atomic E-state index is 13.2. The Morgan fingerprint density at radius 2 is 1.63 bits per heavy atom. The summed E-state index contributed by atoms with van der Waals surface area (Å²) in [4.78, 5) is 15.1. The first-order chi connectivity index (χ1) is 9.06. The minimum absolute atomic E-state index is 0.291. The van der Waals surface area contributed by atoms with Gasteiger partial charge in [-0.3, -0.25) is 4.79 Å². The van der Waals surface area contributed by atoms with Gasteiger partial charge in [0.1, 0.15) is 5.82 Å². The number of carbonyl (C=O) groups is 1. The average Bonchev–Trinajstić information content (AvgIpc) is 2.38. The zero-order chi connectivity index (χ0) is 13.8. The number of hydrogen-bond acceptors (Lipinski definition) is 1. The molecule has 2 aromatic rings. The number of nitrogens with two attached hydrogens (primary N) is 2. The molecule has 1 amide bonds. The second-order valence-corrected chi connectivity index (χ2v) is 3.93. The molecule has 0 aliphatic carbocycles. The molecular weight excluding hydrogens is 245 g/mol. The highest BCUT2D eigenvalue weighted by atomic mass is 19.1. The van der Waals surface area contributed by atoms with Crippen molar-refractivity contribution in [2.75, 3.05) is 0 Å². The fourth-order valence-corrected chi connectivity index (χ4v) is 1.68. The lowest BCUT2D eigenvalue weighted by Gasteiger charge is -2.03. The van der Waals surface area contributed by atoms with E-state index in [1.165, 1.54) is 12.1 Å². The summed E-state index contributed by atoms with van der Waals surface area (Å²) in [5.74, 6) is -1.15. The van der Waals surface area contributed by atoms with Crippen LogP contribution in [0.4, 0.5) is 4.39 Å². The highest BCUT2D eigenvalue weighted by Gasteiger charge is 2.06. The predicted molar refractivity (Wildman–Crippen MR) is 72.0 cm³/mol. The third-order valence-corrected chi connectivity index (χ3v) is 2.50. The van der Waals surface area contributed by atoms with E-state index in [-0.39, 0.29) is 11.8 Å². The first kappa shape index (κ1) is 12.8. The van der Waals surface area contributed by atoms with Crippen molar-refractivity contribution in [1.82, 2.24) is 0 Å². The van der Waals surface area contributed by atoms with Gasteiger partial charge in [0, 0.05) is 5.56 Å². The van der Waals surface area contributed by atoms with E-state index in [0.29, 0.717) is 11.1 Å². The van der Waals surface area contributed by atoms with Crippen molar-refractivity contribution >= 4 is 11.9 Å². The zero-order valence-corrected chi connectivity index (χ0v) is 10.0. The minimum Gasteiger partial charge on any atom is -0.370 e. The molecule has 2 aromatic carbocycles. The summed E-state index contributed by atoms with van der Waals surface area (Å²) in [7, 11) is 0. The molecule has 96 valence electrons. The molecular formula is C14H12FN3O. The monoisotopic (exact) mass is 257 g/mol. The third kappa shape index (κ3) is 3.16. The summed E-state index contributed by atoms with van der Waals surface area (Å²) in [6, 6.07) is 12.8. The van der Waals surface area contributed by atoms with E-state index in [9.17, 15) is 9.18 Å². The highest BCUT2D eigenvalue weighted by molar-refractivity contribution is 6.02. The van der Waals surface area contributed by atoms with Crippen LogP contribution in [0.1, 0.15) is 10.4 Å². The van der Waals surface area contributed by atoms with Gasteiger partial charge in [-0.2, -0.15) is 4.99 Å². The number of halogens is 1. The summed E-state index contributed by atoms with van der Waals surface area (Å²) in [6.45, 7) is 0. The zero-order valence-electron chi connectivity index (χ0n) is 10.0. The van der Waals surface area contributed by atoms with Crippen LogP contribution in [0.5, 0.6) is 0 Å². The van der Waals surface area contributed by atoms with Crippen LogP contribution in [0.25, 0.3) is 11.1 Å². The van der Waals surface area contributed by atoms with Crippen molar-refractivity contribution in [3.8, 4) is 11.1 Å². The van der Waals surface area contributed by atoms with E-state index >= 15 is 0 Å². The number of aliphatic imine (C=N–C) groups is 1. The molecule has 5 heteroatoms. The lowest BCUT2D eigenvalue weighted by atomic mass is 10.0. The van der Waals surface area contributed by atoms with Gasteiger partial charge in [0.15, 0.2) is 5.96 Å². The molecule has 0 aliphatic rings. The van der Waals surface area contributed by atoms with Gasteiger partial charge in [-0.15, -0.1) is 0 Å². The van der Waals surface area contributed by atoms with Gasteiger partial charge in [-0.25, -0.2) is 4.39 Å². The molecule has 2 rings (SSSR count). The van der Waals surface area contributed by atoms with Gasteiger partial charge in [0.25, 0.3) is 5.91 Å². The Bertz CT molecular complexity index is 649. The van der Waals surface area contributed by atoms with Crippen molar-refractivity contribution in [3.63, 3.8) is 0 Å². The fraction of sp³-hybridized carbons (Fsp3) is 0. The van der Waals surface area contributed by atoms with Gasteiger partial charge in [-0.1, -0.05) is 24.3 Å². The number of amides is 1. The van der Waals surface area contributed by atoms with Crippen molar-refractivity contribution in [3.05, 3.63) is 59.9 Å². The molecule has 4 N–H and O–H groups in total. The van der Waals surface area contributed by atoms with Gasteiger partial charge in [-0.05, 0) is 35.4 Å². The molecule has 0 saturated carbocycles. The number of carbonyl (C=O) groups excluding carboxylic acids is 1. The van der Waals surface area contributed by atoms with Crippen molar-refractivity contribution in [2.45, 2.75) is 0 Å². The molecule has 0 aliphatic heterocycles. The largest absolute Gasteiger partial charge is 0.370 e. The fourth-order valence-electron chi connectivity index (χ4n) is 1.68. The van der Waals surface area contributed by atoms with Gasteiger partial charge in [0.05, 0.1) is 0 Å². The molecule has 0 aromatic heterocycles. The minimum atomic E-state index is -0.529. The molecule has 0 radical (unpaired) electrons. The second kappa shape index (κ2) is 5.30. The summed E-state index contributed by atoms with van der Waals surface area (Å²) in [5.41, 5.74) is 12.1. The van der Waals surface area contributed by atoms with Crippen molar-refractivity contribution in [2.24, 2.45) is 16.5 Å². The normalized spacial score (nSPS) is 9.95. The Balaban J connectivity index is 2.40. The van der Waals surface area contributed by atoms with Crippen LogP contribution < -0.4 is 11.5 Å². The highest BCUT2D eigenvalue weighted by Crippen LogP contribution is 2.21. The first-order valence-electron chi connectivity index (χ1n) is 5.56. The first-order valence-corrected chi connectivity index (χ1v) is 5.56. The van der Waals surface area contributed by atoms with Crippen LogP contribution in [0.15, 0.2) is 53.5 Å². The number of nitrogens with zero attached hydrogens (tertiary/aromatic N) is 1. The molecule has 0 bridgehead atoms. The van der Waals surface area contributed by atoms with Gasteiger partial charge in [0.2, 0.25) is 0 Å². The molecule has 4 nitrogen and oxygen atoms in total. The van der Waals surface area contributed by atoms with Crippen LogP contribution in [0, 0.1) is 5.82 Å². The van der Waals surface area contributed by atoms with Gasteiger partial charge >= 0.3 is 0 Å². The third-order valence-electron chi connectivity index (χ3n) is 2.50. The standard InChI is InChI=1S/C14H12FN3O/c15-12-6-2-4-10(8-12)9-3-1-5-11(7-9)13(19)18-14(16)17/h1-8H,(H4,16,17,18,19). The SMILES string of the molecule is NC(N)=NC(=O)c1cccc(-c2cccc(F)c2)c1. The van der Waals surface area contributed by atoms with Crippen LogP contribution in [0.3, 0.4) is 0 Å². The average molecular weight is 257 g/mol. The van der Waals surface area contributed by atoms with Crippen molar-refractivity contribution in [1.29, 1.82) is 0 Å². The quantitative estimate of drug-likeness (QED) is 0.637. The number of benzene rings is 2. The van der Waals surface area contributed by atoms with Crippen LogP contribution in [0.2, 0.25) is 0 Å². The molecule has 19 heavy (non-hydrogen) atoms. The Morgan fingerprint density at radius 1 is 1.00 bits per heavy atom. The summed E-state index contributed by atoms with van der Waals surface area (Å²) in [6.07, 6.45) is 0. The lowest BCUT2D eigenvalue weighted by Crippen LogP contribution is -2.24. The maximum atomic E-state index is 13.2. The van der Waals surface area contributed by atoms with Crippen LogP contribution in [-0.2, 0) is 0 Å². The molecule has 0 spiro atoms. The molecule has 0 fully saturated rings. The number of rotatable bonds is 2.